The molecule has 3 aromatic rings. The van der Waals surface area contributed by atoms with Crippen molar-refractivity contribution in [1.82, 2.24) is 14.8 Å². The first kappa shape index (κ1) is 17.7. The van der Waals surface area contributed by atoms with Gasteiger partial charge in [0.1, 0.15) is 23.3 Å². The van der Waals surface area contributed by atoms with Crippen LogP contribution in [0.4, 0.5) is 15.9 Å². The lowest BCUT2D eigenvalue weighted by Gasteiger charge is -2.32. The van der Waals surface area contributed by atoms with Crippen LogP contribution in [0.5, 0.6) is 0 Å². The second kappa shape index (κ2) is 7.16. The summed E-state index contributed by atoms with van der Waals surface area (Å²) in [5.74, 6) is -0.0534. The summed E-state index contributed by atoms with van der Waals surface area (Å²) in [5.41, 5.74) is 10.2. The number of nitriles is 1. The Balaban J connectivity index is 1.85. The van der Waals surface area contributed by atoms with E-state index in [2.05, 4.69) is 22.7 Å². The molecule has 3 heterocycles. The number of benzene rings is 1. The van der Waals surface area contributed by atoms with E-state index in [9.17, 15) is 9.65 Å². The van der Waals surface area contributed by atoms with E-state index in [1.54, 1.807) is 29.1 Å². The highest BCUT2D eigenvalue weighted by Gasteiger charge is 2.27. The van der Waals surface area contributed by atoms with Gasteiger partial charge in [0.2, 0.25) is 0 Å². The molecular weight excluding hydrogens is 355 g/mol. The van der Waals surface area contributed by atoms with Crippen LogP contribution in [-0.2, 0) is 19.5 Å². The van der Waals surface area contributed by atoms with Gasteiger partial charge in [-0.3, -0.25) is 4.68 Å². The fourth-order valence-electron chi connectivity index (χ4n) is 3.65. The number of anilines is 2. The van der Waals surface area contributed by atoms with E-state index in [1.807, 2.05) is 17.2 Å². The Bertz CT molecular complexity index is 1090. The van der Waals surface area contributed by atoms with Gasteiger partial charge in [0, 0.05) is 42.4 Å². The molecule has 0 unspecified atom stereocenters. The number of nitrogens with zero attached hydrogens (tertiary/aromatic N) is 5. The van der Waals surface area contributed by atoms with Gasteiger partial charge in [-0.2, -0.15) is 10.4 Å². The molecule has 1 aliphatic heterocycles. The highest BCUT2D eigenvalue weighted by Crippen LogP contribution is 2.36. The molecular formula is C21H19FN6. The van der Waals surface area contributed by atoms with Crippen molar-refractivity contribution in [2.75, 3.05) is 17.2 Å². The number of hydrogen-bond acceptors (Lipinski definition) is 5. The number of aromatic nitrogens is 3. The molecule has 4 rings (SSSR count). The average molecular weight is 374 g/mol. The van der Waals surface area contributed by atoms with E-state index < -0.39 is 0 Å². The van der Waals surface area contributed by atoms with Gasteiger partial charge in [0.05, 0.1) is 24.1 Å². The van der Waals surface area contributed by atoms with Gasteiger partial charge in [-0.15, -0.1) is 6.58 Å². The summed E-state index contributed by atoms with van der Waals surface area (Å²) < 4.78 is 16.1. The van der Waals surface area contributed by atoms with Gasteiger partial charge >= 0.3 is 0 Å². The van der Waals surface area contributed by atoms with E-state index in [0.717, 1.165) is 22.4 Å². The van der Waals surface area contributed by atoms with Crippen molar-refractivity contribution in [2.45, 2.75) is 19.5 Å². The molecule has 2 aromatic heterocycles. The molecule has 1 aromatic carbocycles. The maximum Gasteiger partial charge on any atom is 0.146 e. The molecule has 0 saturated heterocycles. The van der Waals surface area contributed by atoms with Crippen LogP contribution in [0.1, 0.15) is 16.8 Å². The summed E-state index contributed by atoms with van der Waals surface area (Å²) >= 11 is 0. The number of nitrogens with two attached hydrogens (primary N) is 1. The molecule has 0 spiro atoms. The number of pyridine rings is 1. The fraction of sp³-hybridized carbons (Fsp3) is 0.190. The van der Waals surface area contributed by atoms with Gasteiger partial charge < -0.3 is 10.6 Å². The summed E-state index contributed by atoms with van der Waals surface area (Å²) in [5, 5.41) is 14.0. The molecule has 28 heavy (non-hydrogen) atoms. The number of halogens is 1. The Hall–Kier alpha value is -3.66. The van der Waals surface area contributed by atoms with Crippen LogP contribution < -0.4 is 10.6 Å². The Morgan fingerprint density at radius 3 is 2.93 bits per heavy atom. The molecule has 7 heteroatoms. The van der Waals surface area contributed by atoms with Gasteiger partial charge in [0.25, 0.3) is 0 Å². The number of rotatable bonds is 4. The molecule has 6 nitrogen and oxygen atoms in total. The quantitative estimate of drug-likeness (QED) is 0.709. The van der Waals surface area contributed by atoms with Crippen molar-refractivity contribution in [2.24, 2.45) is 0 Å². The standard InChI is InChI=1S/C21H19FN6/c1-2-8-28-12-14(11-25-28)20-15(10-23)21(24)26-18-7-9-27(13-16(18)20)19-6-4-3-5-17(19)22/h2-6,11-12H,1,7-9,13H2,(H2,24,26). The highest BCUT2D eigenvalue weighted by molar-refractivity contribution is 5.79. The van der Waals surface area contributed by atoms with Crippen LogP contribution >= 0.6 is 0 Å². The van der Waals surface area contributed by atoms with Crippen LogP contribution in [0.2, 0.25) is 0 Å². The lowest BCUT2D eigenvalue weighted by molar-refractivity contribution is 0.608. The predicted molar refractivity (Wildman–Crippen MR) is 106 cm³/mol. The van der Waals surface area contributed by atoms with E-state index in [0.29, 0.717) is 37.3 Å². The summed E-state index contributed by atoms with van der Waals surface area (Å²) in [6, 6.07) is 8.88. The molecule has 0 bridgehead atoms. The first-order valence-electron chi connectivity index (χ1n) is 8.97. The van der Waals surface area contributed by atoms with Crippen LogP contribution in [0.15, 0.2) is 49.3 Å². The summed E-state index contributed by atoms with van der Waals surface area (Å²) in [7, 11) is 0. The van der Waals surface area contributed by atoms with Gasteiger partial charge in [-0.25, -0.2) is 9.37 Å². The molecule has 0 fully saturated rings. The van der Waals surface area contributed by atoms with Crippen LogP contribution in [0.25, 0.3) is 11.1 Å². The molecule has 2 N–H and O–H groups in total. The van der Waals surface area contributed by atoms with E-state index in [4.69, 9.17) is 5.73 Å². The van der Waals surface area contributed by atoms with Crippen LogP contribution in [-0.4, -0.2) is 21.3 Å². The molecule has 0 aliphatic carbocycles. The normalized spacial score (nSPS) is 13.1. The zero-order valence-electron chi connectivity index (χ0n) is 15.3. The second-order valence-corrected chi connectivity index (χ2v) is 6.65. The number of para-hydroxylation sites is 1. The monoisotopic (exact) mass is 374 g/mol. The van der Waals surface area contributed by atoms with Crippen molar-refractivity contribution in [3.05, 3.63) is 72.0 Å². The van der Waals surface area contributed by atoms with E-state index in [-0.39, 0.29) is 11.6 Å². The molecule has 140 valence electrons. The van der Waals surface area contributed by atoms with Gasteiger partial charge in [-0.05, 0) is 12.1 Å². The minimum Gasteiger partial charge on any atom is -0.383 e. The zero-order valence-corrected chi connectivity index (χ0v) is 15.3. The van der Waals surface area contributed by atoms with Crippen molar-refractivity contribution < 1.29 is 4.39 Å². The topological polar surface area (TPSA) is 83.8 Å². The first-order chi connectivity index (χ1) is 13.6. The van der Waals surface area contributed by atoms with Crippen molar-refractivity contribution in [1.29, 1.82) is 5.26 Å². The summed E-state index contributed by atoms with van der Waals surface area (Å²) in [4.78, 5) is 6.42. The average Bonchev–Trinajstić information content (AvgIpc) is 3.15. The van der Waals surface area contributed by atoms with Crippen LogP contribution in [0.3, 0.4) is 0 Å². The molecule has 0 amide bonds. The van der Waals surface area contributed by atoms with E-state index in [1.165, 1.54) is 6.07 Å². The van der Waals surface area contributed by atoms with Crippen LogP contribution in [0, 0.1) is 17.1 Å². The molecule has 0 radical (unpaired) electrons. The molecule has 1 aliphatic rings. The summed E-state index contributed by atoms with van der Waals surface area (Å²) in [6.45, 7) is 5.36. The lowest BCUT2D eigenvalue weighted by atomic mass is 9.92. The largest absolute Gasteiger partial charge is 0.383 e. The third-order valence-corrected chi connectivity index (χ3v) is 4.92. The van der Waals surface area contributed by atoms with Crippen molar-refractivity contribution >= 4 is 11.5 Å². The van der Waals surface area contributed by atoms with Gasteiger partial charge in [-0.1, -0.05) is 18.2 Å². The maximum absolute atomic E-state index is 14.3. The number of nitrogen functional groups attached to an aromatic ring is 1. The maximum atomic E-state index is 14.3. The summed E-state index contributed by atoms with van der Waals surface area (Å²) in [6.07, 6.45) is 5.94. The molecule has 0 atom stereocenters. The first-order valence-corrected chi connectivity index (χ1v) is 8.97. The smallest absolute Gasteiger partial charge is 0.146 e. The van der Waals surface area contributed by atoms with E-state index >= 15 is 0 Å². The Morgan fingerprint density at radius 1 is 1.36 bits per heavy atom. The lowest BCUT2D eigenvalue weighted by Crippen LogP contribution is -2.32. The van der Waals surface area contributed by atoms with Crippen molar-refractivity contribution in [3.8, 4) is 17.2 Å². The Kier molecular flexibility index (Phi) is 4.53. The van der Waals surface area contributed by atoms with Crippen molar-refractivity contribution in [3.63, 3.8) is 0 Å². The number of allylic oxidation sites excluding steroid dienone is 1. The second-order valence-electron chi connectivity index (χ2n) is 6.65. The number of fused-ring (bicyclic) bond motifs is 1. The third kappa shape index (κ3) is 2.99. The minimum atomic E-state index is -0.268. The number of hydrogen-bond donors (Lipinski definition) is 1. The highest BCUT2D eigenvalue weighted by atomic mass is 19.1. The SMILES string of the molecule is C=CCn1cc(-c2c(C#N)c(N)nc3c2CN(c2ccccc2F)CC3)cn1. The molecule has 0 saturated carbocycles. The minimum absolute atomic E-state index is 0.215. The Labute approximate surface area is 162 Å². The zero-order chi connectivity index (χ0) is 19.7. The Morgan fingerprint density at radius 2 is 2.18 bits per heavy atom. The van der Waals surface area contributed by atoms with Gasteiger partial charge in [0.15, 0.2) is 0 Å². The predicted octanol–water partition coefficient (Wildman–Crippen LogP) is 3.29. The third-order valence-electron chi connectivity index (χ3n) is 4.92. The fourth-order valence-corrected chi connectivity index (χ4v) is 3.65.